The first-order chi connectivity index (χ1) is 8.95. The molecule has 2 unspecified atom stereocenters. The van der Waals surface area contributed by atoms with E-state index in [1.807, 2.05) is 0 Å². The normalized spacial score (nSPS) is 24.1. The maximum Gasteiger partial charge on any atom is 0.177 e. The van der Waals surface area contributed by atoms with E-state index < -0.39 is 9.84 Å². The summed E-state index contributed by atoms with van der Waals surface area (Å²) in [4.78, 5) is 4.37. The van der Waals surface area contributed by atoms with Crippen LogP contribution in [0.1, 0.15) is 25.7 Å². The van der Waals surface area contributed by atoms with Gasteiger partial charge in [0.25, 0.3) is 0 Å². The van der Waals surface area contributed by atoms with Gasteiger partial charge in [0.05, 0.1) is 4.90 Å². The Morgan fingerprint density at radius 1 is 1.42 bits per heavy atom. The van der Waals surface area contributed by atoms with Crippen molar-refractivity contribution in [2.45, 2.75) is 36.6 Å². The van der Waals surface area contributed by atoms with Gasteiger partial charge in [-0.15, -0.1) is 0 Å². The topological polar surface area (TPSA) is 85.1 Å². The number of hydrogen-bond acceptors (Lipinski definition) is 5. The van der Waals surface area contributed by atoms with E-state index in [9.17, 15) is 8.42 Å². The van der Waals surface area contributed by atoms with Crippen molar-refractivity contribution >= 4 is 15.7 Å². The fraction of sp³-hybridized carbons (Fsp3) is 0.615. The lowest BCUT2D eigenvalue weighted by Gasteiger charge is -2.26. The third-order valence-electron chi connectivity index (χ3n) is 3.56. The summed E-state index contributed by atoms with van der Waals surface area (Å²) in [6, 6.07) is 3.61. The van der Waals surface area contributed by atoms with E-state index in [2.05, 4.69) is 10.3 Å². The Labute approximate surface area is 114 Å². The highest BCUT2D eigenvalue weighted by atomic mass is 32.2. The highest BCUT2D eigenvalue weighted by molar-refractivity contribution is 7.90. The molecule has 1 aromatic rings. The maximum absolute atomic E-state index is 11.3. The minimum Gasteiger partial charge on any atom is -0.370 e. The molecule has 1 saturated carbocycles. The number of rotatable bonds is 4. The number of hydrogen-bond donors (Lipinski definition) is 2. The van der Waals surface area contributed by atoms with Crippen LogP contribution in [0.25, 0.3) is 0 Å². The van der Waals surface area contributed by atoms with Gasteiger partial charge >= 0.3 is 0 Å². The smallest absolute Gasteiger partial charge is 0.177 e. The Hall–Kier alpha value is -1.14. The average Bonchev–Trinajstić information content (AvgIpc) is 2.36. The summed E-state index contributed by atoms with van der Waals surface area (Å²) in [7, 11) is -3.17. The van der Waals surface area contributed by atoms with Gasteiger partial charge in [-0.1, -0.05) is 6.42 Å². The molecule has 0 saturated heterocycles. The summed E-state index contributed by atoms with van der Waals surface area (Å²) < 4.78 is 22.6. The zero-order chi connectivity index (χ0) is 13.9. The number of anilines is 1. The zero-order valence-electron chi connectivity index (χ0n) is 11.2. The molecule has 1 fully saturated rings. The molecule has 0 aliphatic heterocycles. The molecule has 1 heterocycles. The second-order valence-electron chi connectivity index (χ2n) is 5.32. The molecule has 1 aromatic heterocycles. The molecule has 0 radical (unpaired) electrons. The molecule has 0 bridgehead atoms. The van der Waals surface area contributed by atoms with Crippen molar-refractivity contribution < 1.29 is 8.42 Å². The van der Waals surface area contributed by atoms with Crippen LogP contribution in [0.5, 0.6) is 0 Å². The SMILES string of the molecule is CS(=O)(=O)c1ccc(NCC2CCCC(N)C2)nc1. The first-order valence-corrected chi connectivity index (χ1v) is 8.50. The Balaban J connectivity index is 1.89. The third-order valence-corrected chi connectivity index (χ3v) is 4.66. The summed E-state index contributed by atoms with van der Waals surface area (Å²) >= 11 is 0. The van der Waals surface area contributed by atoms with E-state index in [0.29, 0.717) is 17.8 Å². The molecule has 0 aromatic carbocycles. The number of pyridine rings is 1. The molecule has 5 nitrogen and oxygen atoms in total. The highest BCUT2D eigenvalue weighted by Gasteiger charge is 2.18. The lowest BCUT2D eigenvalue weighted by Crippen LogP contribution is -2.31. The Kier molecular flexibility index (Phi) is 4.42. The molecule has 2 rings (SSSR count). The summed E-state index contributed by atoms with van der Waals surface area (Å²) in [6.07, 6.45) is 7.13. The molecule has 1 aliphatic carbocycles. The number of aromatic nitrogens is 1. The summed E-state index contributed by atoms with van der Waals surface area (Å²) in [5.41, 5.74) is 5.95. The highest BCUT2D eigenvalue weighted by Crippen LogP contribution is 2.23. The van der Waals surface area contributed by atoms with Gasteiger partial charge in [-0.2, -0.15) is 0 Å². The van der Waals surface area contributed by atoms with Crippen LogP contribution in [0.2, 0.25) is 0 Å². The van der Waals surface area contributed by atoms with Crippen LogP contribution < -0.4 is 11.1 Å². The van der Waals surface area contributed by atoms with Crippen LogP contribution in [-0.2, 0) is 9.84 Å². The number of sulfone groups is 1. The molecule has 19 heavy (non-hydrogen) atoms. The van der Waals surface area contributed by atoms with E-state index in [1.165, 1.54) is 25.3 Å². The Morgan fingerprint density at radius 2 is 2.21 bits per heavy atom. The maximum atomic E-state index is 11.3. The van der Waals surface area contributed by atoms with Gasteiger partial charge in [0.2, 0.25) is 0 Å². The van der Waals surface area contributed by atoms with E-state index >= 15 is 0 Å². The largest absolute Gasteiger partial charge is 0.370 e. The van der Waals surface area contributed by atoms with Crippen LogP contribution in [0.4, 0.5) is 5.82 Å². The van der Waals surface area contributed by atoms with Crippen LogP contribution in [0.3, 0.4) is 0 Å². The lowest BCUT2D eigenvalue weighted by molar-refractivity contribution is 0.335. The molecule has 2 atom stereocenters. The molecule has 106 valence electrons. The summed E-state index contributed by atoms with van der Waals surface area (Å²) in [5.74, 6) is 1.30. The quantitative estimate of drug-likeness (QED) is 0.873. The van der Waals surface area contributed by atoms with Crippen molar-refractivity contribution in [1.82, 2.24) is 4.98 Å². The first kappa shape index (κ1) is 14.3. The molecule has 3 N–H and O–H groups in total. The zero-order valence-corrected chi connectivity index (χ0v) is 12.0. The third kappa shape index (κ3) is 4.18. The fourth-order valence-electron chi connectivity index (χ4n) is 2.47. The minimum atomic E-state index is -3.17. The Morgan fingerprint density at radius 3 is 2.79 bits per heavy atom. The number of nitrogens with two attached hydrogens (primary N) is 1. The number of nitrogens with zero attached hydrogens (tertiary/aromatic N) is 1. The second kappa shape index (κ2) is 5.88. The van der Waals surface area contributed by atoms with E-state index in [1.54, 1.807) is 12.1 Å². The van der Waals surface area contributed by atoms with Gasteiger partial charge in [0.1, 0.15) is 5.82 Å². The summed E-state index contributed by atoms with van der Waals surface area (Å²) in [6.45, 7) is 0.846. The van der Waals surface area contributed by atoms with Gasteiger partial charge in [-0.25, -0.2) is 13.4 Å². The summed E-state index contributed by atoms with van der Waals surface area (Å²) in [5, 5.41) is 3.25. The molecular weight excluding hydrogens is 262 g/mol. The van der Waals surface area contributed by atoms with Gasteiger partial charge in [-0.05, 0) is 37.3 Å². The van der Waals surface area contributed by atoms with Crippen molar-refractivity contribution in [2.24, 2.45) is 11.7 Å². The van der Waals surface area contributed by atoms with Crippen molar-refractivity contribution in [3.63, 3.8) is 0 Å². The standard InChI is InChI=1S/C13H21N3O2S/c1-19(17,18)12-5-6-13(16-9-12)15-8-10-3-2-4-11(14)7-10/h5-6,9-11H,2-4,7-8,14H2,1H3,(H,15,16). The van der Waals surface area contributed by atoms with Gasteiger partial charge in [0, 0.05) is 25.0 Å². The van der Waals surface area contributed by atoms with Crippen molar-refractivity contribution in [3.05, 3.63) is 18.3 Å². The fourth-order valence-corrected chi connectivity index (χ4v) is 3.03. The molecular formula is C13H21N3O2S. The van der Waals surface area contributed by atoms with Crippen molar-refractivity contribution in [2.75, 3.05) is 18.1 Å². The average molecular weight is 283 g/mol. The molecule has 0 spiro atoms. The first-order valence-electron chi connectivity index (χ1n) is 6.60. The lowest BCUT2D eigenvalue weighted by atomic mass is 9.86. The van der Waals surface area contributed by atoms with Crippen LogP contribution in [0.15, 0.2) is 23.2 Å². The molecule has 6 heteroatoms. The van der Waals surface area contributed by atoms with Crippen LogP contribution in [-0.4, -0.2) is 32.2 Å². The minimum absolute atomic E-state index is 0.248. The molecule has 1 aliphatic rings. The second-order valence-corrected chi connectivity index (χ2v) is 7.34. The van der Waals surface area contributed by atoms with Crippen molar-refractivity contribution in [3.8, 4) is 0 Å². The van der Waals surface area contributed by atoms with E-state index in [0.717, 1.165) is 19.4 Å². The van der Waals surface area contributed by atoms with Crippen molar-refractivity contribution in [1.29, 1.82) is 0 Å². The van der Waals surface area contributed by atoms with E-state index in [4.69, 9.17) is 5.73 Å². The Bertz CT molecular complexity index is 513. The molecule has 0 amide bonds. The number of nitrogens with one attached hydrogen (secondary N) is 1. The van der Waals surface area contributed by atoms with E-state index in [-0.39, 0.29) is 4.90 Å². The van der Waals surface area contributed by atoms with Gasteiger partial charge < -0.3 is 11.1 Å². The van der Waals surface area contributed by atoms with Gasteiger partial charge in [0.15, 0.2) is 9.84 Å². The monoisotopic (exact) mass is 283 g/mol. The van der Waals surface area contributed by atoms with Gasteiger partial charge in [-0.3, -0.25) is 0 Å². The van der Waals surface area contributed by atoms with Crippen LogP contribution >= 0.6 is 0 Å². The van der Waals surface area contributed by atoms with Crippen LogP contribution in [0, 0.1) is 5.92 Å². The predicted molar refractivity (Wildman–Crippen MR) is 75.8 cm³/mol. The predicted octanol–water partition coefficient (Wildman–Crippen LogP) is 1.41.